The van der Waals surface area contributed by atoms with Crippen LogP contribution in [0.3, 0.4) is 0 Å². The van der Waals surface area contributed by atoms with Crippen molar-refractivity contribution >= 4 is 12.0 Å². The number of ether oxygens (including phenoxy) is 1. The summed E-state index contributed by atoms with van der Waals surface area (Å²) < 4.78 is 4.53. The van der Waals surface area contributed by atoms with Gasteiger partial charge >= 0.3 is 6.09 Å². The van der Waals surface area contributed by atoms with Gasteiger partial charge in [0.15, 0.2) is 5.76 Å². The lowest BCUT2D eigenvalue weighted by Crippen LogP contribution is -2.23. The molecule has 0 unspecified atom stereocenters. The third kappa shape index (κ3) is 0.775. The summed E-state index contributed by atoms with van der Waals surface area (Å²) in [4.78, 5) is 22.4. The lowest BCUT2D eigenvalue weighted by Gasteiger charge is -1.96. The molecule has 0 aliphatic carbocycles. The van der Waals surface area contributed by atoms with Crippen LogP contribution in [-0.4, -0.2) is 23.9 Å². The molecular formula is C6H7NO3. The molecule has 2 amide bonds. The Morgan fingerprint density at radius 2 is 2.10 bits per heavy atom. The van der Waals surface area contributed by atoms with E-state index in [4.69, 9.17) is 0 Å². The fraction of sp³-hybridized carbons (Fsp3) is 0.333. The Morgan fingerprint density at radius 3 is 2.30 bits per heavy atom. The van der Waals surface area contributed by atoms with Crippen molar-refractivity contribution in [3.05, 3.63) is 11.8 Å². The standard InChI is InChI=1S/C6H7NO3/c1-3-4-5(8)7(2)6(9)10-4/h3H,1-2H3/b4-3+. The number of imide groups is 1. The Bertz CT molecular complexity index is 219. The zero-order valence-electron chi connectivity index (χ0n) is 5.75. The van der Waals surface area contributed by atoms with Crippen LogP contribution < -0.4 is 0 Å². The first kappa shape index (κ1) is 6.80. The molecule has 1 heterocycles. The number of allylic oxidation sites excluding steroid dienone is 1. The van der Waals surface area contributed by atoms with Crippen LogP contribution in [0.25, 0.3) is 0 Å². The smallest absolute Gasteiger partial charge is 0.404 e. The average Bonchev–Trinajstić information content (AvgIpc) is 2.17. The van der Waals surface area contributed by atoms with Crippen molar-refractivity contribution in [2.24, 2.45) is 0 Å². The average molecular weight is 141 g/mol. The summed E-state index contributed by atoms with van der Waals surface area (Å²) in [5, 5.41) is 0. The number of cyclic esters (lactones) is 1. The molecule has 0 radical (unpaired) electrons. The molecule has 54 valence electrons. The second-order valence-electron chi connectivity index (χ2n) is 1.89. The number of carbonyl (C=O) groups is 2. The van der Waals surface area contributed by atoms with E-state index in [0.29, 0.717) is 0 Å². The van der Waals surface area contributed by atoms with Crippen LogP contribution >= 0.6 is 0 Å². The van der Waals surface area contributed by atoms with E-state index in [2.05, 4.69) is 4.74 Å². The summed E-state index contributed by atoms with van der Waals surface area (Å²) in [5.41, 5.74) is 0. The van der Waals surface area contributed by atoms with Crippen molar-refractivity contribution in [2.45, 2.75) is 6.92 Å². The summed E-state index contributed by atoms with van der Waals surface area (Å²) in [6.07, 6.45) is 0.849. The topological polar surface area (TPSA) is 46.6 Å². The van der Waals surface area contributed by atoms with Crippen LogP contribution in [0.4, 0.5) is 4.79 Å². The van der Waals surface area contributed by atoms with E-state index in [1.807, 2.05) is 0 Å². The molecule has 0 atom stereocenters. The third-order valence-corrected chi connectivity index (χ3v) is 1.25. The van der Waals surface area contributed by atoms with E-state index in [-0.39, 0.29) is 11.7 Å². The predicted molar refractivity (Wildman–Crippen MR) is 33.0 cm³/mol. The first-order valence-corrected chi connectivity index (χ1v) is 2.83. The second kappa shape index (κ2) is 2.13. The molecule has 0 spiro atoms. The molecule has 0 bridgehead atoms. The van der Waals surface area contributed by atoms with E-state index in [9.17, 15) is 9.59 Å². The van der Waals surface area contributed by atoms with E-state index in [1.54, 1.807) is 6.92 Å². The van der Waals surface area contributed by atoms with Crippen molar-refractivity contribution in [3.63, 3.8) is 0 Å². The van der Waals surface area contributed by atoms with Gasteiger partial charge in [-0.3, -0.25) is 4.79 Å². The van der Waals surface area contributed by atoms with Crippen LogP contribution in [0, 0.1) is 0 Å². The van der Waals surface area contributed by atoms with Crippen molar-refractivity contribution in [1.82, 2.24) is 4.90 Å². The summed E-state index contributed by atoms with van der Waals surface area (Å²) >= 11 is 0. The Kier molecular flexibility index (Phi) is 1.45. The predicted octanol–water partition coefficient (Wildman–Crippen LogP) is 0.499. The molecule has 0 aromatic heterocycles. The molecule has 0 N–H and O–H groups in total. The van der Waals surface area contributed by atoms with E-state index in [1.165, 1.54) is 13.1 Å². The van der Waals surface area contributed by atoms with Gasteiger partial charge in [0.1, 0.15) is 0 Å². The zero-order valence-corrected chi connectivity index (χ0v) is 5.75. The maximum Gasteiger partial charge on any atom is 0.422 e. The zero-order chi connectivity index (χ0) is 7.72. The van der Waals surface area contributed by atoms with E-state index in [0.717, 1.165) is 4.90 Å². The fourth-order valence-electron chi connectivity index (χ4n) is 0.637. The summed E-state index contributed by atoms with van der Waals surface area (Å²) in [5.74, 6) is -0.278. The van der Waals surface area contributed by atoms with Gasteiger partial charge in [0.25, 0.3) is 5.91 Å². The van der Waals surface area contributed by atoms with Crippen molar-refractivity contribution in [2.75, 3.05) is 7.05 Å². The number of amides is 2. The summed E-state index contributed by atoms with van der Waals surface area (Å²) in [6, 6.07) is 0. The van der Waals surface area contributed by atoms with Crippen LogP contribution in [0.1, 0.15) is 6.92 Å². The molecule has 1 rings (SSSR count). The van der Waals surface area contributed by atoms with Gasteiger partial charge in [0, 0.05) is 7.05 Å². The molecular weight excluding hydrogens is 134 g/mol. The number of rotatable bonds is 0. The molecule has 4 heteroatoms. The number of hydrogen-bond acceptors (Lipinski definition) is 3. The molecule has 10 heavy (non-hydrogen) atoms. The quantitative estimate of drug-likeness (QED) is 0.461. The fourth-order valence-corrected chi connectivity index (χ4v) is 0.637. The highest BCUT2D eigenvalue weighted by atomic mass is 16.6. The lowest BCUT2D eigenvalue weighted by atomic mass is 10.4. The molecule has 4 nitrogen and oxygen atoms in total. The number of carbonyl (C=O) groups excluding carboxylic acids is 2. The Hall–Kier alpha value is -1.32. The van der Waals surface area contributed by atoms with E-state index < -0.39 is 6.09 Å². The van der Waals surface area contributed by atoms with Crippen LogP contribution in [-0.2, 0) is 9.53 Å². The lowest BCUT2D eigenvalue weighted by molar-refractivity contribution is -0.122. The minimum atomic E-state index is -0.613. The largest absolute Gasteiger partial charge is 0.422 e. The number of likely N-dealkylation sites (N-methyl/N-ethyl adjacent to an activating group) is 1. The Balaban J connectivity index is 2.92. The third-order valence-electron chi connectivity index (χ3n) is 1.25. The highest BCUT2D eigenvalue weighted by Gasteiger charge is 2.32. The monoisotopic (exact) mass is 141 g/mol. The minimum Gasteiger partial charge on any atom is -0.404 e. The van der Waals surface area contributed by atoms with Crippen LogP contribution in [0.15, 0.2) is 11.8 Å². The number of nitrogens with zero attached hydrogens (tertiary/aromatic N) is 1. The second-order valence-corrected chi connectivity index (χ2v) is 1.89. The highest BCUT2D eigenvalue weighted by Crippen LogP contribution is 2.13. The molecule has 1 aliphatic heterocycles. The molecule has 0 saturated carbocycles. The van der Waals surface area contributed by atoms with Crippen LogP contribution in [0.2, 0.25) is 0 Å². The molecule has 1 saturated heterocycles. The van der Waals surface area contributed by atoms with Crippen molar-refractivity contribution < 1.29 is 14.3 Å². The Labute approximate surface area is 58.1 Å². The number of hydrogen-bond donors (Lipinski definition) is 0. The Morgan fingerprint density at radius 1 is 1.50 bits per heavy atom. The van der Waals surface area contributed by atoms with Gasteiger partial charge in [0.05, 0.1) is 0 Å². The van der Waals surface area contributed by atoms with Crippen molar-refractivity contribution in [3.8, 4) is 0 Å². The van der Waals surface area contributed by atoms with Gasteiger partial charge in [-0.2, -0.15) is 0 Å². The van der Waals surface area contributed by atoms with Gasteiger partial charge in [-0.15, -0.1) is 0 Å². The normalized spacial score (nSPS) is 22.2. The summed E-state index contributed by atoms with van der Waals surface area (Å²) in [6.45, 7) is 1.64. The molecule has 0 aromatic carbocycles. The molecule has 0 aromatic rings. The van der Waals surface area contributed by atoms with Gasteiger partial charge in [-0.1, -0.05) is 0 Å². The van der Waals surface area contributed by atoms with Crippen LogP contribution in [0.5, 0.6) is 0 Å². The SMILES string of the molecule is C/C=C1/OC(=O)N(C)C1=O. The van der Waals surface area contributed by atoms with Gasteiger partial charge in [-0.05, 0) is 13.0 Å². The minimum absolute atomic E-state index is 0.104. The molecule has 1 aliphatic rings. The van der Waals surface area contributed by atoms with Gasteiger partial charge in [-0.25, -0.2) is 9.69 Å². The van der Waals surface area contributed by atoms with Gasteiger partial charge < -0.3 is 4.74 Å². The maximum absolute atomic E-state index is 10.9. The van der Waals surface area contributed by atoms with Gasteiger partial charge in [0.2, 0.25) is 0 Å². The first-order valence-electron chi connectivity index (χ1n) is 2.83. The van der Waals surface area contributed by atoms with E-state index >= 15 is 0 Å². The highest BCUT2D eigenvalue weighted by molar-refractivity contribution is 6.07. The summed E-state index contributed by atoms with van der Waals surface area (Å²) in [7, 11) is 1.38. The maximum atomic E-state index is 10.9. The molecule has 1 fully saturated rings. The first-order chi connectivity index (χ1) is 4.66. The van der Waals surface area contributed by atoms with Crippen molar-refractivity contribution in [1.29, 1.82) is 0 Å².